The molecule has 0 saturated carbocycles. The van der Waals surface area contributed by atoms with Gasteiger partial charge in [-0.25, -0.2) is 0 Å². The average Bonchev–Trinajstić information content (AvgIpc) is 2.87. The molecule has 4 nitrogen and oxygen atoms in total. The van der Waals surface area contributed by atoms with Crippen LogP contribution < -0.4 is 14.4 Å². The van der Waals surface area contributed by atoms with Crippen molar-refractivity contribution < 1.29 is 14.3 Å². The van der Waals surface area contributed by atoms with Crippen molar-refractivity contribution in [3.8, 4) is 11.5 Å². The van der Waals surface area contributed by atoms with Gasteiger partial charge in [-0.2, -0.15) is 0 Å². The molecule has 34 heavy (non-hydrogen) atoms. The molecule has 3 aromatic rings. The maximum absolute atomic E-state index is 12.7. The summed E-state index contributed by atoms with van der Waals surface area (Å²) in [6, 6.07) is 19.4. The quantitative estimate of drug-likeness (QED) is 0.257. The van der Waals surface area contributed by atoms with Crippen molar-refractivity contribution in [3.63, 3.8) is 0 Å². The fourth-order valence-corrected chi connectivity index (χ4v) is 4.44. The Kier molecular flexibility index (Phi) is 7.91. The van der Waals surface area contributed by atoms with Crippen LogP contribution in [0, 0.1) is 6.92 Å². The van der Waals surface area contributed by atoms with E-state index in [2.05, 4.69) is 4.90 Å². The number of halogens is 1. The highest BCUT2D eigenvalue weighted by Crippen LogP contribution is 2.28. The average molecular weight is 476 g/mol. The van der Waals surface area contributed by atoms with Crippen molar-refractivity contribution in [2.24, 2.45) is 0 Å². The second-order valence-corrected chi connectivity index (χ2v) is 8.99. The number of methoxy groups -OCH3 is 1. The lowest BCUT2D eigenvalue weighted by atomic mass is 10.1. The number of ketones is 1. The van der Waals surface area contributed by atoms with Crippen LogP contribution in [-0.2, 0) is 6.61 Å². The van der Waals surface area contributed by atoms with E-state index in [-0.39, 0.29) is 5.78 Å². The van der Waals surface area contributed by atoms with E-state index in [1.54, 1.807) is 13.2 Å². The van der Waals surface area contributed by atoms with Gasteiger partial charge >= 0.3 is 0 Å². The summed E-state index contributed by atoms with van der Waals surface area (Å²) in [5, 5.41) is 0.576. The first-order valence-corrected chi connectivity index (χ1v) is 12.0. The maximum Gasteiger partial charge on any atom is 0.185 e. The van der Waals surface area contributed by atoms with Crippen LogP contribution in [-0.4, -0.2) is 26.0 Å². The number of allylic oxidation sites excluding steroid dienone is 1. The van der Waals surface area contributed by atoms with Gasteiger partial charge < -0.3 is 14.4 Å². The molecular formula is C29H30ClNO3. The normalized spacial score (nSPS) is 13.8. The molecule has 0 atom stereocenters. The van der Waals surface area contributed by atoms with Crippen LogP contribution in [0.15, 0.2) is 66.7 Å². The predicted molar refractivity (Wildman–Crippen MR) is 139 cm³/mol. The molecule has 3 aromatic carbocycles. The van der Waals surface area contributed by atoms with E-state index in [0.717, 1.165) is 35.5 Å². The Bertz CT molecular complexity index is 1160. The van der Waals surface area contributed by atoms with Gasteiger partial charge in [-0.15, -0.1) is 0 Å². The summed E-state index contributed by atoms with van der Waals surface area (Å²) >= 11 is 6.29. The molecule has 0 N–H and O–H groups in total. The molecule has 0 aromatic heterocycles. The predicted octanol–water partition coefficient (Wildman–Crippen LogP) is 7.12. The zero-order chi connectivity index (χ0) is 23.9. The SMILES string of the molecule is COc1ccc(/C=C/C(=O)c2ccc(N3CCCCC3)cc2)cc1COc1ccc(C)cc1Cl. The van der Waals surface area contributed by atoms with Crippen molar-refractivity contribution in [2.45, 2.75) is 32.8 Å². The molecule has 0 spiro atoms. The van der Waals surface area contributed by atoms with E-state index in [0.29, 0.717) is 22.9 Å². The van der Waals surface area contributed by atoms with E-state index < -0.39 is 0 Å². The molecule has 1 heterocycles. The van der Waals surface area contributed by atoms with Crippen LogP contribution in [0.2, 0.25) is 5.02 Å². The monoisotopic (exact) mass is 475 g/mol. The molecule has 4 rings (SSSR count). The number of rotatable bonds is 8. The maximum atomic E-state index is 12.7. The van der Waals surface area contributed by atoms with Gasteiger partial charge in [-0.05, 0) is 91.9 Å². The summed E-state index contributed by atoms with van der Waals surface area (Å²) in [7, 11) is 1.63. The van der Waals surface area contributed by atoms with Gasteiger partial charge in [0, 0.05) is 29.9 Å². The molecule has 1 fully saturated rings. The van der Waals surface area contributed by atoms with E-state index in [1.807, 2.05) is 73.7 Å². The van der Waals surface area contributed by atoms with Gasteiger partial charge in [0.25, 0.3) is 0 Å². The summed E-state index contributed by atoms with van der Waals surface area (Å²) in [6.07, 6.45) is 7.20. The van der Waals surface area contributed by atoms with Gasteiger partial charge in [0.05, 0.1) is 12.1 Å². The Hall–Kier alpha value is -3.24. The minimum absolute atomic E-state index is 0.0229. The summed E-state index contributed by atoms with van der Waals surface area (Å²) in [4.78, 5) is 15.1. The number of ether oxygens (including phenoxy) is 2. The third kappa shape index (κ3) is 6.00. The molecule has 0 aliphatic carbocycles. The summed E-state index contributed by atoms with van der Waals surface area (Å²) in [6.45, 7) is 4.47. The number of piperidine rings is 1. The number of benzene rings is 3. The standard InChI is InChI=1S/C29H30ClNO3/c1-21-6-14-29(26(30)18-21)34-20-24-19-22(8-15-28(24)33-2)7-13-27(32)23-9-11-25(12-10-23)31-16-4-3-5-17-31/h6-15,18-19H,3-5,16-17,20H2,1-2H3/b13-7+. The lowest BCUT2D eigenvalue weighted by molar-refractivity contribution is 0.104. The van der Waals surface area contributed by atoms with Crippen molar-refractivity contribution in [1.29, 1.82) is 0 Å². The molecule has 0 radical (unpaired) electrons. The van der Waals surface area contributed by atoms with Crippen molar-refractivity contribution in [1.82, 2.24) is 0 Å². The number of aryl methyl sites for hydroxylation is 1. The van der Waals surface area contributed by atoms with Crippen molar-refractivity contribution >= 4 is 29.1 Å². The number of hydrogen-bond acceptors (Lipinski definition) is 4. The summed E-state index contributed by atoms with van der Waals surface area (Å²) in [5.41, 5.74) is 4.72. The third-order valence-electron chi connectivity index (χ3n) is 6.08. The van der Waals surface area contributed by atoms with Crippen LogP contribution in [0.1, 0.15) is 46.3 Å². The van der Waals surface area contributed by atoms with Crippen molar-refractivity contribution in [3.05, 3.63) is 94.0 Å². The van der Waals surface area contributed by atoms with Crippen LogP contribution in [0.25, 0.3) is 6.08 Å². The molecule has 1 aliphatic rings. The molecule has 0 bridgehead atoms. The lowest BCUT2D eigenvalue weighted by Gasteiger charge is -2.28. The van der Waals surface area contributed by atoms with Crippen LogP contribution in [0.3, 0.4) is 0 Å². The number of hydrogen-bond donors (Lipinski definition) is 0. The Morgan fingerprint density at radius 2 is 1.71 bits per heavy atom. The van der Waals surface area contributed by atoms with E-state index in [1.165, 1.54) is 24.9 Å². The number of carbonyl (C=O) groups is 1. The lowest BCUT2D eigenvalue weighted by Crippen LogP contribution is -2.29. The van der Waals surface area contributed by atoms with Gasteiger partial charge in [-0.1, -0.05) is 29.8 Å². The molecule has 1 aliphatic heterocycles. The number of carbonyl (C=O) groups excluding carboxylic acids is 1. The molecule has 5 heteroatoms. The number of anilines is 1. The zero-order valence-electron chi connectivity index (χ0n) is 19.7. The van der Waals surface area contributed by atoms with E-state index in [4.69, 9.17) is 21.1 Å². The Morgan fingerprint density at radius 1 is 0.971 bits per heavy atom. The molecular weight excluding hydrogens is 446 g/mol. The minimum atomic E-state index is -0.0229. The zero-order valence-corrected chi connectivity index (χ0v) is 20.5. The smallest absolute Gasteiger partial charge is 0.185 e. The van der Waals surface area contributed by atoms with Gasteiger partial charge in [0.1, 0.15) is 18.1 Å². The van der Waals surface area contributed by atoms with E-state index >= 15 is 0 Å². The second kappa shape index (κ2) is 11.3. The highest BCUT2D eigenvalue weighted by Gasteiger charge is 2.12. The molecule has 1 saturated heterocycles. The topological polar surface area (TPSA) is 38.8 Å². The van der Waals surface area contributed by atoms with Gasteiger partial charge in [0.2, 0.25) is 0 Å². The number of nitrogens with zero attached hydrogens (tertiary/aromatic N) is 1. The van der Waals surface area contributed by atoms with Gasteiger partial charge in [0.15, 0.2) is 5.78 Å². The highest BCUT2D eigenvalue weighted by molar-refractivity contribution is 6.32. The third-order valence-corrected chi connectivity index (χ3v) is 6.37. The van der Waals surface area contributed by atoms with Crippen LogP contribution in [0.4, 0.5) is 5.69 Å². The first kappa shape index (κ1) is 23.9. The molecule has 0 unspecified atom stereocenters. The minimum Gasteiger partial charge on any atom is -0.496 e. The Balaban J connectivity index is 1.43. The second-order valence-electron chi connectivity index (χ2n) is 8.59. The van der Waals surface area contributed by atoms with Crippen molar-refractivity contribution in [2.75, 3.05) is 25.1 Å². The largest absolute Gasteiger partial charge is 0.496 e. The molecule has 0 amide bonds. The first-order valence-electron chi connectivity index (χ1n) is 11.7. The summed E-state index contributed by atoms with van der Waals surface area (Å²) < 4.78 is 11.4. The Morgan fingerprint density at radius 3 is 2.41 bits per heavy atom. The molecule has 176 valence electrons. The van der Waals surface area contributed by atoms with E-state index in [9.17, 15) is 4.79 Å². The first-order chi connectivity index (χ1) is 16.5. The van der Waals surface area contributed by atoms with Crippen LogP contribution >= 0.6 is 11.6 Å². The fraction of sp³-hybridized carbons (Fsp3) is 0.276. The van der Waals surface area contributed by atoms with Crippen LogP contribution in [0.5, 0.6) is 11.5 Å². The highest BCUT2D eigenvalue weighted by atomic mass is 35.5. The fourth-order valence-electron chi connectivity index (χ4n) is 4.15. The summed E-state index contributed by atoms with van der Waals surface area (Å²) in [5.74, 6) is 1.32. The Labute approximate surface area is 206 Å². The van der Waals surface area contributed by atoms with Gasteiger partial charge in [-0.3, -0.25) is 4.79 Å².